The van der Waals surface area contributed by atoms with Crippen LogP contribution in [0.25, 0.3) is 0 Å². The van der Waals surface area contributed by atoms with E-state index in [1.54, 1.807) is 23.1 Å². The van der Waals surface area contributed by atoms with Gasteiger partial charge in [-0.25, -0.2) is 0 Å². The van der Waals surface area contributed by atoms with Crippen molar-refractivity contribution in [3.63, 3.8) is 0 Å². The minimum absolute atomic E-state index is 0.0405. The van der Waals surface area contributed by atoms with Crippen LogP contribution in [-0.4, -0.2) is 35.4 Å². The molecule has 0 unspecified atom stereocenters. The van der Waals surface area contributed by atoms with E-state index in [0.29, 0.717) is 28.2 Å². The van der Waals surface area contributed by atoms with Crippen molar-refractivity contribution in [3.8, 4) is 5.75 Å². The van der Waals surface area contributed by atoms with Crippen LogP contribution in [0.1, 0.15) is 44.7 Å². The summed E-state index contributed by atoms with van der Waals surface area (Å²) in [6, 6.07) is 12.5. The third kappa shape index (κ3) is 7.54. The van der Waals surface area contributed by atoms with Gasteiger partial charge in [0.25, 0.3) is 5.91 Å². The Morgan fingerprint density at radius 2 is 1.90 bits per heavy atom. The SMILES string of the molecule is CC[C@H](C(=O)N[C@@H](C)CC)N(Cc1cccc(C)c1)C(=O)COc1ccc(Cl)cc1Br. The molecule has 0 aromatic heterocycles. The molecule has 2 aromatic rings. The molecule has 2 atom stereocenters. The zero-order chi connectivity index (χ0) is 23.0. The van der Waals surface area contributed by atoms with Gasteiger partial charge in [-0.1, -0.05) is 55.3 Å². The smallest absolute Gasteiger partial charge is 0.261 e. The van der Waals surface area contributed by atoms with E-state index in [9.17, 15) is 9.59 Å². The fourth-order valence-electron chi connectivity index (χ4n) is 3.18. The van der Waals surface area contributed by atoms with Crippen LogP contribution in [0.15, 0.2) is 46.9 Å². The maximum Gasteiger partial charge on any atom is 0.261 e. The second-order valence-electron chi connectivity index (χ2n) is 7.62. The molecule has 0 spiro atoms. The van der Waals surface area contributed by atoms with Crippen LogP contribution in [0.4, 0.5) is 0 Å². The van der Waals surface area contributed by atoms with Gasteiger partial charge < -0.3 is 15.0 Å². The van der Waals surface area contributed by atoms with Gasteiger partial charge in [-0.05, 0) is 66.4 Å². The molecule has 0 bridgehead atoms. The largest absolute Gasteiger partial charge is 0.483 e. The topological polar surface area (TPSA) is 58.6 Å². The Hall–Kier alpha value is -2.05. The van der Waals surface area contributed by atoms with Gasteiger partial charge in [-0.3, -0.25) is 9.59 Å². The molecule has 0 saturated heterocycles. The van der Waals surface area contributed by atoms with Crippen molar-refractivity contribution in [1.82, 2.24) is 10.2 Å². The second kappa shape index (κ2) is 12.1. The first-order valence-electron chi connectivity index (χ1n) is 10.5. The molecule has 5 nitrogen and oxygen atoms in total. The van der Waals surface area contributed by atoms with E-state index in [-0.39, 0.29) is 24.5 Å². The minimum Gasteiger partial charge on any atom is -0.483 e. The van der Waals surface area contributed by atoms with Crippen LogP contribution in [0.2, 0.25) is 5.02 Å². The number of hydrogen-bond acceptors (Lipinski definition) is 3. The maximum absolute atomic E-state index is 13.2. The van der Waals surface area contributed by atoms with E-state index in [1.165, 1.54) is 0 Å². The van der Waals surface area contributed by atoms with E-state index >= 15 is 0 Å². The molecule has 0 aliphatic heterocycles. The van der Waals surface area contributed by atoms with Gasteiger partial charge in [0, 0.05) is 17.6 Å². The summed E-state index contributed by atoms with van der Waals surface area (Å²) in [7, 11) is 0. The third-order valence-corrected chi connectivity index (χ3v) is 5.92. The van der Waals surface area contributed by atoms with Crippen LogP contribution >= 0.6 is 27.5 Å². The molecule has 2 aromatic carbocycles. The van der Waals surface area contributed by atoms with Gasteiger partial charge >= 0.3 is 0 Å². The van der Waals surface area contributed by atoms with Crippen LogP contribution in [0, 0.1) is 6.92 Å². The highest BCUT2D eigenvalue weighted by Crippen LogP contribution is 2.28. The van der Waals surface area contributed by atoms with E-state index < -0.39 is 6.04 Å². The van der Waals surface area contributed by atoms with Crippen molar-refractivity contribution >= 4 is 39.3 Å². The number of amides is 2. The lowest BCUT2D eigenvalue weighted by Crippen LogP contribution is -2.51. The van der Waals surface area contributed by atoms with Crippen molar-refractivity contribution in [2.24, 2.45) is 0 Å². The van der Waals surface area contributed by atoms with E-state index in [4.69, 9.17) is 16.3 Å². The molecule has 2 amide bonds. The highest BCUT2D eigenvalue weighted by atomic mass is 79.9. The van der Waals surface area contributed by atoms with Crippen molar-refractivity contribution in [2.45, 2.75) is 59.2 Å². The van der Waals surface area contributed by atoms with Gasteiger partial charge in [-0.2, -0.15) is 0 Å². The predicted molar refractivity (Wildman–Crippen MR) is 128 cm³/mol. The number of nitrogens with one attached hydrogen (secondary N) is 1. The first-order chi connectivity index (χ1) is 14.7. The Balaban J connectivity index is 2.23. The Kier molecular flexibility index (Phi) is 9.85. The number of carbonyl (C=O) groups excluding carboxylic acids is 2. The number of hydrogen-bond donors (Lipinski definition) is 1. The number of benzene rings is 2. The monoisotopic (exact) mass is 508 g/mol. The van der Waals surface area contributed by atoms with Gasteiger partial charge in [0.1, 0.15) is 11.8 Å². The molecular weight excluding hydrogens is 480 g/mol. The summed E-state index contributed by atoms with van der Waals surface area (Å²) in [6.07, 6.45) is 1.33. The molecule has 0 saturated carbocycles. The molecule has 0 radical (unpaired) electrons. The van der Waals surface area contributed by atoms with Gasteiger partial charge in [0.05, 0.1) is 4.47 Å². The lowest BCUT2D eigenvalue weighted by atomic mass is 10.1. The molecule has 1 N–H and O–H groups in total. The van der Waals surface area contributed by atoms with E-state index in [2.05, 4.69) is 21.2 Å². The average molecular weight is 510 g/mol. The van der Waals surface area contributed by atoms with Crippen LogP contribution in [0.3, 0.4) is 0 Å². The highest BCUT2D eigenvalue weighted by Gasteiger charge is 2.29. The average Bonchev–Trinajstić information content (AvgIpc) is 2.72. The number of nitrogens with zero attached hydrogens (tertiary/aromatic N) is 1. The number of aryl methyl sites for hydroxylation is 1. The zero-order valence-electron chi connectivity index (χ0n) is 18.5. The van der Waals surface area contributed by atoms with Crippen molar-refractivity contribution in [1.29, 1.82) is 0 Å². The summed E-state index contributed by atoms with van der Waals surface area (Å²) in [6.45, 7) is 8.03. The third-order valence-electron chi connectivity index (χ3n) is 5.07. The van der Waals surface area contributed by atoms with Gasteiger partial charge in [0.2, 0.25) is 5.91 Å². The normalized spacial score (nSPS) is 12.7. The summed E-state index contributed by atoms with van der Waals surface area (Å²) < 4.78 is 6.41. The molecule has 2 rings (SSSR count). The van der Waals surface area contributed by atoms with Crippen LogP contribution in [0.5, 0.6) is 5.75 Å². The number of halogens is 2. The Labute approximate surface area is 198 Å². The van der Waals surface area contributed by atoms with Gasteiger partial charge in [0.15, 0.2) is 6.61 Å². The molecular formula is C24H30BrClN2O3. The number of rotatable bonds is 10. The minimum atomic E-state index is -0.584. The van der Waals surface area contributed by atoms with E-state index in [1.807, 2.05) is 52.0 Å². The van der Waals surface area contributed by atoms with Crippen LogP contribution in [-0.2, 0) is 16.1 Å². The predicted octanol–water partition coefficient (Wildman–Crippen LogP) is 5.51. The summed E-state index contributed by atoms with van der Waals surface area (Å²) in [4.78, 5) is 27.8. The molecule has 0 heterocycles. The lowest BCUT2D eigenvalue weighted by molar-refractivity contribution is -0.143. The summed E-state index contributed by atoms with van der Waals surface area (Å²) in [5.41, 5.74) is 2.07. The first-order valence-corrected chi connectivity index (χ1v) is 11.6. The van der Waals surface area contributed by atoms with Crippen molar-refractivity contribution in [3.05, 3.63) is 63.1 Å². The highest BCUT2D eigenvalue weighted by molar-refractivity contribution is 9.10. The Morgan fingerprint density at radius 1 is 1.16 bits per heavy atom. The molecule has 7 heteroatoms. The van der Waals surface area contributed by atoms with Crippen molar-refractivity contribution < 1.29 is 14.3 Å². The Morgan fingerprint density at radius 3 is 2.52 bits per heavy atom. The summed E-state index contributed by atoms with van der Waals surface area (Å²) in [5.74, 6) is 0.116. The first kappa shape index (κ1) is 25.2. The summed E-state index contributed by atoms with van der Waals surface area (Å²) in [5, 5.41) is 3.58. The van der Waals surface area contributed by atoms with Crippen molar-refractivity contribution in [2.75, 3.05) is 6.61 Å². The zero-order valence-corrected chi connectivity index (χ0v) is 20.8. The quantitative estimate of drug-likeness (QED) is 0.459. The molecule has 31 heavy (non-hydrogen) atoms. The molecule has 168 valence electrons. The fourth-order valence-corrected chi connectivity index (χ4v) is 3.98. The fraction of sp³-hybridized carbons (Fsp3) is 0.417. The second-order valence-corrected chi connectivity index (χ2v) is 8.91. The Bertz CT molecular complexity index is 906. The summed E-state index contributed by atoms with van der Waals surface area (Å²) >= 11 is 9.37. The molecule has 0 aliphatic rings. The number of carbonyl (C=O) groups is 2. The van der Waals surface area contributed by atoms with E-state index in [0.717, 1.165) is 17.5 Å². The standard InChI is InChI=1S/C24H30BrClN2O3/c1-5-17(4)27-24(30)21(6-2)28(14-18-9-7-8-16(3)12-18)23(29)15-31-22-11-10-19(26)13-20(22)25/h7-13,17,21H,5-6,14-15H2,1-4H3,(H,27,30)/t17-,21+/m0/s1. The van der Waals surface area contributed by atoms with Crippen LogP contribution < -0.4 is 10.1 Å². The van der Waals surface area contributed by atoms with Gasteiger partial charge in [-0.15, -0.1) is 0 Å². The maximum atomic E-state index is 13.2. The lowest BCUT2D eigenvalue weighted by Gasteiger charge is -2.31. The number of ether oxygens (including phenoxy) is 1. The molecule has 0 aliphatic carbocycles. The molecule has 0 fully saturated rings.